The fourth-order valence-electron chi connectivity index (χ4n) is 2.05. The number of esters is 1. The average Bonchev–Trinajstić information content (AvgIpc) is 2.53. The van der Waals surface area contributed by atoms with Crippen molar-refractivity contribution < 1.29 is 28.8 Å². The Bertz CT molecular complexity index is 290. The van der Waals surface area contributed by atoms with E-state index in [0.29, 0.717) is 6.42 Å². The highest BCUT2D eigenvalue weighted by atomic mass is 16.7. The average molecular weight is 318 g/mol. The molecule has 0 aromatic carbocycles. The molecule has 0 spiro atoms. The van der Waals surface area contributed by atoms with E-state index in [2.05, 4.69) is 6.58 Å². The van der Waals surface area contributed by atoms with Gasteiger partial charge in [0.05, 0.1) is 19.3 Å². The van der Waals surface area contributed by atoms with Gasteiger partial charge in [-0.1, -0.05) is 13.0 Å². The summed E-state index contributed by atoms with van der Waals surface area (Å²) in [6, 6.07) is 0. The van der Waals surface area contributed by atoms with E-state index in [-0.39, 0.29) is 31.9 Å². The molecule has 0 heterocycles. The number of hydrogen-bond acceptors (Lipinski definition) is 6. The molecule has 130 valence electrons. The molecule has 6 nitrogen and oxygen atoms in total. The first-order valence-electron chi connectivity index (χ1n) is 7.61. The Hall–Kier alpha value is -0.950. The van der Waals surface area contributed by atoms with Gasteiger partial charge in [-0.15, -0.1) is 6.58 Å². The van der Waals surface area contributed by atoms with Gasteiger partial charge in [0.2, 0.25) is 0 Å². The van der Waals surface area contributed by atoms with Gasteiger partial charge in [0, 0.05) is 26.6 Å². The molecule has 0 unspecified atom stereocenters. The van der Waals surface area contributed by atoms with E-state index < -0.39 is 12.2 Å². The molecule has 0 aliphatic rings. The zero-order valence-corrected chi connectivity index (χ0v) is 14.0. The van der Waals surface area contributed by atoms with Crippen LogP contribution >= 0.6 is 0 Å². The normalized spacial score (nSPS) is 15.1. The van der Waals surface area contributed by atoms with Gasteiger partial charge in [0.15, 0.2) is 0 Å². The number of aliphatic hydroxyl groups excluding tert-OH is 1. The number of methoxy groups -OCH3 is 2. The van der Waals surface area contributed by atoms with Crippen molar-refractivity contribution in [2.24, 2.45) is 5.92 Å². The molecular formula is C16H30O6. The minimum atomic E-state index is -0.489. The number of carbonyl (C=O) groups excluding carboxylic acids is 1. The van der Waals surface area contributed by atoms with E-state index >= 15 is 0 Å². The zero-order chi connectivity index (χ0) is 16.8. The lowest BCUT2D eigenvalue weighted by atomic mass is 10.0. The minimum absolute atomic E-state index is 0.0877. The molecule has 0 saturated carbocycles. The molecule has 0 rings (SSSR count). The molecule has 0 fully saturated rings. The fraction of sp³-hybridized carbons (Fsp3) is 0.812. The van der Waals surface area contributed by atoms with E-state index in [9.17, 15) is 9.90 Å². The first-order chi connectivity index (χ1) is 10.6. The number of hydrogen-bond donors (Lipinski definition) is 1. The van der Waals surface area contributed by atoms with Gasteiger partial charge in [-0.05, 0) is 19.3 Å². The minimum Gasteiger partial charge on any atom is -0.465 e. The topological polar surface area (TPSA) is 74.2 Å². The summed E-state index contributed by atoms with van der Waals surface area (Å²) in [6.07, 6.45) is 3.97. The predicted octanol–water partition coefficient (Wildman–Crippen LogP) is 1.91. The Morgan fingerprint density at radius 3 is 2.59 bits per heavy atom. The Labute approximate surface area is 133 Å². The third-order valence-corrected chi connectivity index (χ3v) is 3.33. The number of carbonyl (C=O) groups is 1. The zero-order valence-electron chi connectivity index (χ0n) is 14.0. The van der Waals surface area contributed by atoms with Crippen LogP contribution in [0.5, 0.6) is 0 Å². The van der Waals surface area contributed by atoms with Gasteiger partial charge in [-0.2, -0.15) is 0 Å². The lowest BCUT2D eigenvalue weighted by molar-refractivity contribution is -0.163. The Morgan fingerprint density at radius 1 is 1.32 bits per heavy atom. The van der Waals surface area contributed by atoms with Gasteiger partial charge >= 0.3 is 5.97 Å². The summed E-state index contributed by atoms with van der Waals surface area (Å²) in [5.41, 5.74) is 0. The van der Waals surface area contributed by atoms with Crippen LogP contribution in [-0.2, 0) is 23.7 Å². The van der Waals surface area contributed by atoms with E-state index in [1.165, 1.54) is 14.2 Å². The van der Waals surface area contributed by atoms with Gasteiger partial charge in [0.1, 0.15) is 12.9 Å². The Kier molecular flexibility index (Phi) is 13.1. The van der Waals surface area contributed by atoms with Crippen molar-refractivity contribution in [3.63, 3.8) is 0 Å². The van der Waals surface area contributed by atoms with Crippen LogP contribution in [0.1, 0.15) is 32.6 Å². The van der Waals surface area contributed by atoms with Gasteiger partial charge in [-0.3, -0.25) is 4.79 Å². The van der Waals surface area contributed by atoms with Crippen LogP contribution in [0, 0.1) is 5.92 Å². The summed E-state index contributed by atoms with van der Waals surface area (Å²) in [6.45, 7) is 5.65. The molecule has 0 amide bonds. The Balaban J connectivity index is 4.22. The van der Waals surface area contributed by atoms with Gasteiger partial charge in [0.25, 0.3) is 0 Å². The maximum Gasteiger partial charge on any atom is 0.305 e. The molecule has 0 aliphatic carbocycles. The highest BCUT2D eigenvalue weighted by Crippen LogP contribution is 2.15. The lowest BCUT2D eigenvalue weighted by Crippen LogP contribution is -2.41. The van der Waals surface area contributed by atoms with Crippen molar-refractivity contribution in [2.75, 3.05) is 34.2 Å². The van der Waals surface area contributed by atoms with E-state index in [4.69, 9.17) is 18.9 Å². The molecule has 0 saturated heterocycles. The van der Waals surface area contributed by atoms with Crippen LogP contribution in [0.25, 0.3) is 0 Å². The van der Waals surface area contributed by atoms with Crippen LogP contribution in [0.15, 0.2) is 12.7 Å². The van der Waals surface area contributed by atoms with Gasteiger partial charge in [-0.25, -0.2) is 0 Å². The molecule has 1 N–H and O–H groups in total. The van der Waals surface area contributed by atoms with Crippen molar-refractivity contribution in [1.29, 1.82) is 0 Å². The van der Waals surface area contributed by atoms with E-state index in [1.807, 2.05) is 13.0 Å². The van der Waals surface area contributed by atoms with Crippen molar-refractivity contribution in [3.8, 4) is 0 Å². The summed E-state index contributed by atoms with van der Waals surface area (Å²) in [5.74, 6) is -0.344. The number of aliphatic hydroxyl groups is 1. The van der Waals surface area contributed by atoms with E-state index in [1.54, 1.807) is 0 Å². The quantitative estimate of drug-likeness (QED) is 0.228. The molecule has 22 heavy (non-hydrogen) atoms. The van der Waals surface area contributed by atoms with Crippen LogP contribution in [0.3, 0.4) is 0 Å². The summed E-state index contributed by atoms with van der Waals surface area (Å²) >= 11 is 0. The second-order valence-electron chi connectivity index (χ2n) is 5.19. The maximum absolute atomic E-state index is 11.7. The van der Waals surface area contributed by atoms with Crippen molar-refractivity contribution >= 4 is 5.97 Å². The molecule has 0 aromatic rings. The third-order valence-electron chi connectivity index (χ3n) is 3.33. The van der Waals surface area contributed by atoms with Crippen molar-refractivity contribution in [2.45, 2.75) is 44.8 Å². The summed E-state index contributed by atoms with van der Waals surface area (Å²) in [5, 5.41) is 9.33. The van der Waals surface area contributed by atoms with Crippen LogP contribution < -0.4 is 0 Å². The van der Waals surface area contributed by atoms with Crippen molar-refractivity contribution in [3.05, 3.63) is 12.7 Å². The third kappa shape index (κ3) is 9.15. The molecule has 6 heteroatoms. The number of unbranched alkanes of at least 4 members (excludes halogenated alkanes) is 2. The largest absolute Gasteiger partial charge is 0.465 e. The number of rotatable bonds is 14. The first kappa shape index (κ1) is 21.0. The summed E-state index contributed by atoms with van der Waals surface area (Å²) < 4.78 is 20.9. The lowest BCUT2D eigenvalue weighted by Gasteiger charge is -2.29. The maximum atomic E-state index is 11.7. The monoisotopic (exact) mass is 318 g/mol. The number of allylic oxidation sites excluding steroid dienone is 1. The van der Waals surface area contributed by atoms with Gasteiger partial charge < -0.3 is 24.1 Å². The molecule has 0 radical (unpaired) electrons. The molecule has 0 aliphatic heterocycles. The highest BCUT2D eigenvalue weighted by Gasteiger charge is 2.28. The summed E-state index contributed by atoms with van der Waals surface area (Å²) in [4.78, 5) is 11.7. The Morgan fingerprint density at radius 2 is 2.05 bits per heavy atom. The van der Waals surface area contributed by atoms with Crippen LogP contribution in [0.4, 0.5) is 0 Å². The second kappa shape index (κ2) is 13.7. The van der Waals surface area contributed by atoms with E-state index in [0.717, 1.165) is 19.3 Å². The predicted molar refractivity (Wildman–Crippen MR) is 83.4 cm³/mol. The highest BCUT2D eigenvalue weighted by molar-refractivity contribution is 5.69. The SMILES string of the molecule is C=CCCCCC(=O)OC[C@@H](C)[C@H](OCOC)[C@H](CO)OC. The fourth-order valence-corrected chi connectivity index (χ4v) is 2.05. The molecule has 0 bridgehead atoms. The second-order valence-corrected chi connectivity index (χ2v) is 5.19. The molecular weight excluding hydrogens is 288 g/mol. The van der Waals surface area contributed by atoms with Crippen LogP contribution in [0.2, 0.25) is 0 Å². The standard InChI is InChI=1S/C16H30O6/c1-5-6-7-8-9-15(18)21-11-13(2)16(22-12-19-3)14(10-17)20-4/h5,13-14,16-17H,1,6-12H2,2-4H3/t13-,14+,16+/m1/s1. The molecule has 3 atom stereocenters. The first-order valence-corrected chi connectivity index (χ1v) is 7.61. The van der Waals surface area contributed by atoms with Crippen LogP contribution in [-0.4, -0.2) is 57.5 Å². The summed E-state index contributed by atoms with van der Waals surface area (Å²) in [7, 11) is 3.02. The smallest absolute Gasteiger partial charge is 0.305 e. The molecule has 0 aromatic heterocycles. The van der Waals surface area contributed by atoms with Crippen molar-refractivity contribution in [1.82, 2.24) is 0 Å². The number of ether oxygens (including phenoxy) is 4.